The molecule has 7 heteroatoms. The van der Waals surface area contributed by atoms with Crippen molar-refractivity contribution in [3.05, 3.63) is 87.4 Å². The summed E-state index contributed by atoms with van der Waals surface area (Å²) in [6.45, 7) is 2.21. The molecular formula is C22H20Cl3NO3. The molecule has 0 spiro atoms. The molecule has 4 rings (SSSR count). The second kappa shape index (κ2) is 10.1. The molecule has 0 atom stereocenters. The van der Waals surface area contributed by atoms with E-state index < -0.39 is 0 Å². The van der Waals surface area contributed by atoms with Crippen molar-refractivity contribution >= 4 is 35.6 Å². The summed E-state index contributed by atoms with van der Waals surface area (Å²) < 4.78 is 16.5. The summed E-state index contributed by atoms with van der Waals surface area (Å²) in [4.78, 5) is 0. The molecule has 0 bridgehead atoms. The Labute approximate surface area is 186 Å². The standard InChI is InChI=1S/C22H19Cl2NO3.ClH/c23-18-5-4-17(20(24)10-18)13-26-19-6-1-15(2-7-19)11-25-12-16-3-8-21-22(9-16)28-14-27-21;/h1-10,25H,11-14H2;1H. The van der Waals surface area contributed by atoms with E-state index in [0.717, 1.165) is 41.5 Å². The Hall–Kier alpha value is -2.11. The first-order chi connectivity index (χ1) is 13.7. The monoisotopic (exact) mass is 451 g/mol. The van der Waals surface area contributed by atoms with Gasteiger partial charge in [0.2, 0.25) is 6.79 Å². The van der Waals surface area contributed by atoms with Crippen LogP contribution in [-0.2, 0) is 19.7 Å². The average Bonchev–Trinajstić information content (AvgIpc) is 3.16. The first-order valence-corrected chi connectivity index (χ1v) is 9.68. The number of ether oxygens (including phenoxy) is 3. The van der Waals surface area contributed by atoms with Gasteiger partial charge in [0.25, 0.3) is 0 Å². The number of fused-ring (bicyclic) bond motifs is 1. The maximum atomic E-state index is 6.17. The Morgan fingerprint density at radius 2 is 1.55 bits per heavy atom. The Balaban J connectivity index is 0.00000240. The number of benzene rings is 3. The first kappa shape index (κ1) is 21.6. The topological polar surface area (TPSA) is 39.7 Å². The zero-order valence-electron chi connectivity index (χ0n) is 15.5. The highest BCUT2D eigenvalue weighted by Crippen LogP contribution is 2.32. The normalized spacial score (nSPS) is 11.8. The van der Waals surface area contributed by atoms with Crippen LogP contribution in [0.15, 0.2) is 60.7 Å². The van der Waals surface area contributed by atoms with Gasteiger partial charge < -0.3 is 19.5 Å². The fraction of sp³-hybridized carbons (Fsp3) is 0.182. The van der Waals surface area contributed by atoms with Crippen LogP contribution in [-0.4, -0.2) is 6.79 Å². The highest BCUT2D eigenvalue weighted by atomic mass is 35.5. The highest BCUT2D eigenvalue weighted by Gasteiger charge is 2.12. The van der Waals surface area contributed by atoms with Gasteiger partial charge in [0.15, 0.2) is 11.5 Å². The molecule has 0 unspecified atom stereocenters. The third-order valence-corrected chi connectivity index (χ3v) is 5.01. The highest BCUT2D eigenvalue weighted by molar-refractivity contribution is 6.35. The lowest BCUT2D eigenvalue weighted by Gasteiger charge is -2.10. The van der Waals surface area contributed by atoms with Gasteiger partial charge in [-0.15, -0.1) is 12.4 Å². The minimum absolute atomic E-state index is 0. The molecule has 3 aromatic rings. The van der Waals surface area contributed by atoms with Crippen molar-refractivity contribution < 1.29 is 14.2 Å². The van der Waals surface area contributed by atoms with Gasteiger partial charge in [0, 0.05) is 28.7 Å². The number of halogens is 3. The molecule has 29 heavy (non-hydrogen) atoms. The fourth-order valence-electron chi connectivity index (χ4n) is 2.91. The predicted molar refractivity (Wildman–Crippen MR) is 118 cm³/mol. The lowest BCUT2D eigenvalue weighted by atomic mass is 10.2. The minimum atomic E-state index is 0. The summed E-state index contributed by atoms with van der Waals surface area (Å²) in [6.07, 6.45) is 0. The van der Waals surface area contributed by atoms with Crippen LogP contribution in [0.4, 0.5) is 0 Å². The number of hydrogen-bond donors (Lipinski definition) is 1. The van der Waals surface area contributed by atoms with E-state index in [9.17, 15) is 0 Å². The molecule has 0 radical (unpaired) electrons. The molecule has 1 aliphatic heterocycles. The van der Waals surface area contributed by atoms with Crippen molar-refractivity contribution in [3.8, 4) is 17.2 Å². The van der Waals surface area contributed by atoms with Crippen molar-refractivity contribution in [1.29, 1.82) is 0 Å². The van der Waals surface area contributed by atoms with Crippen LogP contribution in [0.3, 0.4) is 0 Å². The van der Waals surface area contributed by atoms with Crippen molar-refractivity contribution in [2.45, 2.75) is 19.7 Å². The molecule has 0 fully saturated rings. The van der Waals surface area contributed by atoms with E-state index >= 15 is 0 Å². The van der Waals surface area contributed by atoms with E-state index in [0.29, 0.717) is 23.4 Å². The van der Waals surface area contributed by atoms with Crippen LogP contribution in [0.25, 0.3) is 0 Å². The molecule has 0 saturated heterocycles. The number of hydrogen-bond acceptors (Lipinski definition) is 4. The van der Waals surface area contributed by atoms with Gasteiger partial charge >= 0.3 is 0 Å². The first-order valence-electron chi connectivity index (χ1n) is 8.92. The van der Waals surface area contributed by atoms with E-state index in [1.165, 1.54) is 5.56 Å². The quantitative estimate of drug-likeness (QED) is 0.476. The summed E-state index contributed by atoms with van der Waals surface area (Å²) in [7, 11) is 0. The van der Waals surface area contributed by atoms with Gasteiger partial charge in [-0.2, -0.15) is 0 Å². The Bertz CT molecular complexity index is 964. The van der Waals surface area contributed by atoms with Crippen molar-refractivity contribution in [3.63, 3.8) is 0 Å². The van der Waals surface area contributed by atoms with Gasteiger partial charge in [-0.05, 0) is 47.5 Å². The third kappa shape index (κ3) is 5.71. The number of nitrogens with one attached hydrogen (secondary N) is 1. The fourth-order valence-corrected chi connectivity index (χ4v) is 3.37. The molecule has 0 saturated carbocycles. The van der Waals surface area contributed by atoms with Gasteiger partial charge in [-0.25, -0.2) is 0 Å². The zero-order chi connectivity index (χ0) is 19.3. The van der Waals surface area contributed by atoms with Crippen LogP contribution in [0.5, 0.6) is 17.2 Å². The van der Waals surface area contributed by atoms with E-state index in [4.69, 9.17) is 37.4 Å². The Morgan fingerprint density at radius 3 is 2.34 bits per heavy atom. The smallest absolute Gasteiger partial charge is 0.231 e. The van der Waals surface area contributed by atoms with Crippen molar-refractivity contribution in [2.24, 2.45) is 0 Å². The summed E-state index contributed by atoms with van der Waals surface area (Å²) in [5, 5.41) is 4.66. The summed E-state index contributed by atoms with van der Waals surface area (Å²) in [5.41, 5.74) is 3.24. The lowest BCUT2D eigenvalue weighted by molar-refractivity contribution is 0.174. The lowest BCUT2D eigenvalue weighted by Crippen LogP contribution is -2.12. The molecule has 3 aromatic carbocycles. The second-order valence-electron chi connectivity index (χ2n) is 6.46. The maximum Gasteiger partial charge on any atom is 0.231 e. The molecule has 0 aliphatic carbocycles. The average molecular weight is 453 g/mol. The van der Waals surface area contributed by atoms with Crippen LogP contribution < -0.4 is 19.5 Å². The minimum Gasteiger partial charge on any atom is -0.489 e. The molecule has 0 amide bonds. The van der Waals surface area contributed by atoms with E-state index in [-0.39, 0.29) is 12.4 Å². The summed E-state index contributed by atoms with van der Waals surface area (Å²) >= 11 is 12.1. The van der Waals surface area contributed by atoms with Gasteiger partial charge in [0.05, 0.1) is 0 Å². The van der Waals surface area contributed by atoms with E-state index in [1.807, 2.05) is 48.5 Å². The Morgan fingerprint density at radius 1 is 0.828 bits per heavy atom. The maximum absolute atomic E-state index is 6.17. The van der Waals surface area contributed by atoms with Crippen molar-refractivity contribution in [2.75, 3.05) is 6.79 Å². The Kier molecular flexibility index (Phi) is 7.51. The van der Waals surface area contributed by atoms with Gasteiger partial charge in [0.1, 0.15) is 12.4 Å². The molecule has 1 heterocycles. The summed E-state index contributed by atoms with van der Waals surface area (Å²) in [6, 6.07) is 19.4. The second-order valence-corrected chi connectivity index (χ2v) is 7.30. The third-order valence-electron chi connectivity index (χ3n) is 4.43. The van der Waals surface area contributed by atoms with Crippen LogP contribution in [0.2, 0.25) is 10.0 Å². The SMILES string of the molecule is Cl.Clc1ccc(COc2ccc(CNCc3ccc4c(c3)OCO4)cc2)c(Cl)c1. The molecule has 1 N–H and O–H groups in total. The summed E-state index contributed by atoms with van der Waals surface area (Å²) in [5.74, 6) is 2.41. The van der Waals surface area contributed by atoms with Crippen LogP contribution >= 0.6 is 35.6 Å². The molecule has 4 nitrogen and oxygen atoms in total. The van der Waals surface area contributed by atoms with Crippen molar-refractivity contribution in [1.82, 2.24) is 5.32 Å². The predicted octanol–water partition coefficient (Wildman–Crippen LogP) is 6.01. The molecule has 0 aromatic heterocycles. The van der Waals surface area contributed by atoms with Gasteiger partial charge in [-0.3, -0.25) is 0 Å². The molecule has 1 aliphatic rings. The van der Waals surface area contributed by atoms with E-state index in [1.54, 1.807) is 12.1 Å². The number of rotatable bonds is 7. The van der Waals surface area contributed by atoms with Crippen LogP contribution in [0, 0.1) is 0 Å². The molecular weight excluding hydrogens is 433 g/mol. The van der Waals surface area contributed by atoms with Crippen LogP contribution in [0.1, 0.15) is 16.7 Å². The molecule has 152 valence electrons. The van der Waals surface area contributed by atoms with E-state index in [2.05, 4.69) is 5.32 Å². The largest absolute Gasteiger partial charge is 0.489 e. The zero-order valence-corrected chi connectivity index (χ0v) is 17.8. The van der Waals surface area contributed by atoms with Gasteiger partial charge in [-0.1, -0.05) is 47.5 Å².